The first-order chi connectivity index (χ1) is 12.1. The lowest BCUT2D eigenvalue weighted by molar-refractivity contribution is -0.131. The molecule has 1 aliphatic heterocycles. The Morgan fingerprint density at radius 1 is 1.40 bits per heavy atom. The van der Waals surface area contributed by atoms with Crippen molar-refractivity contribution in [2.45, 2.75) is 52.2 Å². The molecule has 2 aromatic rings. The summed E-state index contributed by atoms with van der Waals surface area (Å²) in [7, 11) is 0. The lowest BCUT2D eigenvalue weighted by Crippen LogP contribution is -2.40. The summed E-state index contributed by atoms with van der Waals surface area (Å²) < 4.78 is 5.16. The molecule has 2 atom stereocenters. The molecule has 0 saturated carbocycles. The summed E-state index contributed by atoms with van der Waals surface area (Å²) in [6.45, 7) is 8.08. The monoisotopic (exact) mass is 342 g/mol. The fourth-order valence-corrected chi connectivity index (χ4v) is 3.46. The van der Waals surface area contributed by atoms with Crippen LogP contribution in [0.15, 0.2) is 34.9 Å². The van der Waals surface area contributed by atoms with Crippen LogP contribution in [0, 0.1) is 0 Å². The van der Waals surface area contributed by atoms with Gasteiger partial charge >= 0.3 is 0 Å². The maximum Gasteiger partial charge on any atom is 0.226 e. The Labute approximate surface area is 148 Å². The maximum absolute atomic E-state index is 12.2. The quantitative estimate of drug-likeness (QED) is 0.808. The van der Waals surface area contributed by atoms with Crippen LogP contribution in [-0.4, -0.2) is 45.0 Å². The summed E-state index contributed by atoms with van der Waals surface area (Å²) in [6.07, 6.45) is 1.67. The van der Waals surface area contributed by atoms with Crippen LogP contribution in [0.25, 0.3) is 0 Å². The third kappa shape index (κ3) is 4.07. The Morgan fingerprint density at radius 2 is 2.16 bits per heavy atom. The minimum absolute atomic E-state index is 0.0575. The number of aryl methyl sites for hydroxylation is 1. The lowest BCUT2D eigenvalue weighted by atomic mass is 10.1. The lowest BCUT2D eigenvalue weighted by Gasteiger charge is -2.29. The van der Waals surface area contributed by atoms with Gasteiger partial charge in [-0.15, -0.1) is 0 Å². The van der Waals surface area contributed by atoms with Crippen molar-refractivity contribution in [1.29, 1.82) is 0 Å². The Kier molecular flexibility index (Phi) is 5.48. The summed E-state index contributed by atoms with van der Waals surface area (Å²) in [6, 6.07) is 11.0. The van der Waals surface area contributed by atoms with E-state index in [1.807, 2.05) is 17.9 Å². The zero-order valence-electron chi connectivity index (χ0n) is 15.2. The Morgan fingerprint density at radius 3 is 2.80 bits per heavy atom. The number of carbonyl (C=O) groups excluding carboxylic acids is 1. The largest absolute Gasteiger partial charge is 0.339 e. The molecule has 0 aliphatic carbocycles. The van der Waals surface area contributed by atoms with Crippen LogP contribution >= 0.6 is 0 Å². The number of likely N-dealkylation sites (tertiary alicyclic amines) is 1. The molecule has 1 aliphatic rings. The average molecular weight is 342 g/mol. The van der Waals surface area contributed by atoms with Gasteiger partial charge in [0.05, 0.1) is 6.54 Å². The normalized spacial score (nSPS) is 19.1. The molecule has 1 aromatic heterocycles. The summed E-state index contributed by atoms with van der Waals surface area (Å²) >= 11 is 0. The van der Waals surface area contributed by atoms with Gasteiger partial charge in [-0.3, -0.25) is 9.69 Å². The van der Waals surface area contributed by atoms with Crippen LogP contribution in [0.4, 0.5) is 0 Å². The molecule has 1 aromatic carbocycles. The number of carbonyl (C=O) groups is 1. The second-order valence-corrected chi connectivity index (χ2v) is 6.63. The van der Waals surface area contributed by atoms with Gasteiger partial charge in [0.1, 0.15) is 0 Å². The average Bonchev–Trinajstić information content (AvgIpc) is 3.29. The molecule has 0 radical (unpaired) electrons. The van der Waals surface area contributed by atoms with E-state index < -0.39 is 0 Å². The van der Waals surface area contributed by atoms with E-state index >= 15 is 0 Å². The van der Waals surface area contributed by atoms with Crippen LogP contribution in [0.2, 0.25) is 0 Å². The predicted octanol–water partition coefficient (Wildman–Crippen LogP) is 2.82. The van der Waals surface area contributed by atoms with E-state index in [0.29, 0.717) is 30.7 Å². The van der Waals surface area contributed by atoms with Gasteiger partial charge in [0.2, 0.25) is 11.8 Å². The fourth-order valence-electron chi connectivity index (χ4n) is 3.46. The number of hydrogen-bond donors (Lipinski definition) is 0. The van der Waals surface area contributed by atoms with Crippen LogP contribution in [-0.2, 0) is 17.8 Å². The molecule has 0 bridgehead atoms. The number of rotatable bonds is 6. The number of amides is 1. The van der Waals surface area contributed by atoms with Gasteiger partial charge < -0.3 is 9.42 Å². The molecule has 2 heterocycles. The molecule has 0 N–H and O–H groups in total. The molecule has 134 valence electrons. The molecule has 6 nitrogen and oxygen atoms in total. The Balaban J connectivity index is 1.66. The number of hydrogen-bond acceptors (Lipinski definition) is 5. The molecule has 1 amide bonds. The van der Waals surface area contributed by atoms with Gasteiger partial charge in [-0.1, -0.05) is 42.4 Å². The minimum atomic E-state index is 0.0575. The minimum Gasteiger partial charge on any atom is -0.339 e. The summed E-state index contributed by atoms with van der Waals surface area (Å²) in [5.41, 5.74) is 1.31. The van der Waals surface area contributed by atoms with Crippen molar-refractivity contribution in [2.75, 3.05) is 13.1 Å². The summed E-state index contributed by atoms with van der Waals surface area (Å²) in [4.78, 5) is 20.8. The topological polar surface area (TPSA) is 62.5 Å². The number of nitrogens with zero attached hydrogens (tertiary/aromatic N) is 4. The highest BCUT2D eigenvalue weighted by molar-refractivity contribution is 5.73. The molecule has 1 saturated heterocycles. The Bertz CT molecular complexity index is 700. The smallest absolute Gasteiger partial charge is 0.226 e. The molecule has 3 rings (SSSR count). The van der Waals surface area contributed by atoms with Gasteiger partial charge in [-0.05, 0) is 18.9 Å². The van der Waals surface area contributed by atoms with E-state index in [-0.39, 0.29) is 11.9 Å². The van der Waals surface area contributed by atoms with Crippen molar-refractivity contribution in [3.05, 3.63) is 47.6 Å². The van der Waals surface area contributed by atoms with Gasteiger partial charge in [-0.25, -0.2) is 0 Å². The third-order valence-electron chi connectivity index (χ3n) is 4.99. The molecular weight excluding hydrogens is 316 g/mol. The van der Waals surface area contributed by atoms with Crippen molar-refractivity contribution in [3.8, 4) is 0 Å². The highest BCUT2D eigenvalue weighted by Gasteiger charge is 2.32. The van der Waals surface area contributed by atoms with Crippen LogP contribution in [0.5, 0.6) is 0 Å². The van der Waals surface area contributed by atoms with E-state index in [1.54, 1.807) is 6.92 Å². The van der Waals surface area contributed by atoms with E-state index in [9.17, 15) is 4.79 Å². The predicted molar refractivity (Wildman–Crippen MR) is 94.7 cm³/mol. The summed E-state index contributed by atoms with van der Waals surface area (Å²) in [5, 5.41) is 3.99. The SMILES string of the molecule is CCc1nc(CN(C(C)=O)[C@@H]2CCN([C@H](C)c3ccccc3)C2)no1. The molecule has 0 spiro atoms. The zero-order chi connectivity index (χ0) is 17.8. The van der Waals surface area contributed by atoms with E-state index in [0.717, 1.165) is 19.5 Å². The number of aromatic nitrogens is 2. The van der Waals surface area contributed by atoms with E-state index in [2.05, 4.69) is 46.2 Å². The van der Waals surface area contributed by atoms with Gasteiger partial charge in [0.15, 0.2) is 5.82 Å². The second-order valence-electron chi connectivity index (χ2n) is 6.63. The molecular formula is C19H26N4O2. The van der Waals surface area contributed by atoms with Crippen molar-refractivity contribution in [1.82, 2.24) is 19.9 Å². The first-order valence-corrected chi connectivity index (χ1v) is 8.96. The standard InChI is InChI=1S/C19H26N4O2/c1-4-19-20-18(21-25-19)13-23(15(3)24)17-10-11-22(12-17)14(2)16-8-6-5-7-9-16/h5-9,14,17H,4,10-13H2,1-3H3/t14-,17-/m1/s1. The highest BCUT2D eigenvalue weighted by atomic mass is 16.5. The van der Waals surface area contributed by atoms with Gasteiger partial charge in [0, 0.05) is 38.5 Å². The first-order valence-electron chi connectivity index (χ1n) is 8.96. The maximum atomic E-state index is 12.2. The first kappa shape index (κ1) is 17.6. The van der Waals surface area contributed by atoms with Crippen molar-refractivity contribution in [2.24, 2.45) is 0 Å². The van der Waals surface area contributed by atoms with E-state index in [1.165, 1.54) is 5.56 Å². The summed E-state index contributed by atoms with van der Waals surface area (Å²) in [5.74, 6) is 1.26. The second kappa shape index (κ2) is 7.78. The molecule has 25 heavy (non-hydrogen) atoms. The van der Waals surface area contributed by atoms with Crippen LogP contribution in [0.1, 0.15) is 50.5 Å². The highest BCUT2D eigenvalue weighted by Crippen LogP contribution is 2.27. The number of benzene rings is 1. The van der Waals surface area contributed by atoms with Crippen molar-refractivity contribution in [3.63, 3.8) is 0 Å². The fraction of sp³-hybridized carbons (Fsp3) is 0.526. The van der Waals surface area contributed by atoms with Crippen molar-refractivity contribution < 1.29 is 9.32 Å². The third-order valence-corrected chi connectivity index (χ3v) is 4.99. The van der Waals surface area contributed by atoms with Crippen molar-refractivity contribution >= 4 is 5.91 Å². The zero-order valence-corrected chi connectivity index (χ0v) is 15.2. The molecule has 1 fully saturated rings. The Hall–Kier alpha value is -2.21. The van der Waals surface area contributed by atoms with Gasteiger partial charge in [-0.2, -0.15) is 4.98 Å². The van der Waals surface area contributed by atoms with E-state index in [4.69, 9.17) is 4.52 Å². The van der Waals surface area contributed by atoms with Crippen LogP contribution in [0.3, 0.4) is 0 Å². The molecule has 0 unspecified atom stereocenters. The van der Waals surface area contributed by atoms with Crippen LogP contribution < -0.4 is 0 Å². The molecule has 6 heteroatoms. The van der Waals surface area contributed by atoms with Gasteiger partial charge in [0.25, 0.3) is 0 Å².